The first kappa shape index (κ1) is 21.6. The van der Waals surface area contributed by atoms with E-state index in [9.17, 15) is 0 Å². The molecule has 148 valence electrons. The molecule has 8 heteroatoms. The largest absolute Gasteiger partial charge is 0.493 e. The average Bonchev–Trinajstić information content (AvgIpc) is 2.74. The van der Waals surface area contributed by atoms with Crippen LogP contribution in [0.2, 0.25) is 0 Å². The summed E-state index contributed by atoms with van der Waals surface area (Å²) < 4.78 is 21.3. The van der Waals surface area contributed by atoms with Crippen LogP contribution in [-0.4, -0.2) is 38.3 Å². The highest BCUT2D eigenvalue weighted by molar-refractivity contribution is 6.71. The van der Waals surface area contributed by atoms with Gasteiger partial charge in [0.15, 0.2) is 21.8 Å². The van der Waals surface area contributed by atoms with Crippen LogP contribution in [0.4, 0.5) is 0 Å². The highest BCUT2D eigenvalue weighted by atomic mass is 35.5. The van der Waals surface area contributed by atoms with Crippen molar-refractivity contribution < 1.29 is 18.9 Å². The van der Waals surface area contributed by atoms with Crippen LogP contribution in [0.3, 0.4) is 0 Å². The Hall–Kier alpha value is -2.70. The number of methoxy groups -OCH3 is 3. The highest BCUT2D eigenvalue weighted by Crippen LogP contribution is 2.38. The Labute approximate surface area is 174 Å². The van der Waals surface area contributed by atoms with Crippen LogP contribution < -0.4 is 18.9 Å². The van der Waals surface area contributed by atoms with Gasteiger partial charge in [-0.15, -0.1) is 10.2 Å². The molecule has 0 saturated heterocycles. The standard InChI is InChI=1S/C20H20Cl2N2O4/c1-5-10-28-15-8-6-13(7-9-15)19(21)23-24-20(22)14-11-16(25-2)18(27-4)17(12-14)26-3/h5-9,11-12H,1,10H2,2-4H3/b23-19-,24-20-. The molecule has 0 saturated carbocycles. The van der Waals surface area contributed by atoms with Gasteiger partial charge in [-0.2, -0.15) is 0 Å². The quantitative estimate of drug-likeness (QED) is 0.328. The van der Waals surface area contributed by atoms with Crippen molar-refractivity contribution in [3.63, 3.8) is 0 Å². The Balaban J connectivity index is 2.26. The normalized spacial score (nSPS) is 11.8. The Morgan fingerprint density at radius 3 is 1.89 bits per heavy atom. The van der Waals surface area contributed by atoms with E-state index in [0.29, 0.717) is 40.7 Å². The summed E-state index contributed by atoms with van der Waals surface area (Å²) in [6.07, 6.45) is 1.67. The lowest BCUT2D eigenvalue weighted by molar-refractivity contribution is 0.324. The maximum absolute atomic E-state index is 6.28. The molecular weight excluding hydrogens is 403 g/mol. The molecule has 0 aliphatic carbocycles. The minimum atomic E-state index is 0.114. The Morgan fingerprint density at radius 2 is 1.43 bits per heavy atom. The third kappa shape index (κ3) is 5.41. The minimum Gasteiger partial charge on any atom is -0.493 e. The fourth-order valence-electron chi connectivity index (χ4n) is 2.25. The molecule has 0 unspecified atom stereocenters. The summed E-state index contributed by atoms with van der Waals surface area (Å²) >= 11 is 12.5. The van der Waals surface area contributed by atoms with Crippen LogP contribution in [0.1, 0.15) is 11.1 Å². The molecule has 2 aromatic carbocycles. The van der Waals surface area contributed by atoms with Crippen molar-refractivity contribution in [1.29, 1.82) is 0 Å². The van der Waals surface area contributed by atoms with E-state index >= 15 is 0 Å². The molecule has 0 N–H and O–H groups in total. The maximum Gasteiger partial charge on any atom is 0.203 e. The van der Waals surface area contributed by atoms with E-state index in [0.717, 1.165) is 0 Å². The zero-order valence-corrected chi connectivity index (χ0v) is 17.3. The molecule has 2 aromatic rings. The topological polar surface area (TPSA) is 61.6 Å². The molecule has 0 heterocycles. The summed E-state index contributed by atoms with van der Waals surface area (Å²) in [6.45, 7) is 4.03. The smallest absolute Gasteiger partial charge is 0.203 e. The molecule has 0 radical (unpaired) electrons. The van der Waals surface area contributed by atoms with Crippen LogP contribution in [0.5, 0.6) is 23.0 Å². The van der Waals surface area contributed by atoms with Crippen molar-refractivity contribution in [1.82, 2.24) is 0 Å². The molecule has 6 nitrogen and oxygen atoms in total. The van der Waals surface area contributed by atoms with Crippen LogP contribution in [0, 0.1) is 0 Å². The van der Waals surface area contributed by atoms with E-state index in [2.05, 4.69) is 16.8 Å². The van der Waals surface area contributed by atoms with Crippen molar-refractivity contribution in [2.75, 3.05) is 27.9 Å². The molecular formula is C20H20Cl2N2O4. The van der Waals surface area contributed by atoms with Crippen LogP contribution in [-0.2, 0) is 0 Å². The first-order valence-corrected chi connectivity index (χ1v) is 8.90. The first-order valence-electron chi connectivity index (χ1n) is 8.15. The lowest BCUT2D eigenvalue weighted by atomic mass is 10.2. The van der Waals surface area contributed by atoms with Crippen LogP contribution in [0.25, 0.3) is 0 Å². The molecule has 0 spiro atoms. The summed E-state index contributed by atoms with van der Waals surface area (Å²) in [5.74, 6) is 2.07. The van der Waals surface area contributed by atoms with Gasteiger partial charge in [-0.25, -0.2) is 0 Å². The summed E-state index contributed by atoms with van der Waals surface area (Å²) in [7, 11) is 4.56. The van der Waals surface area contributed by atoms with Crippen molar-refractivity contribution in [3.05, 3.63) is 60.2 Å². The van der Waals surface area contributed by atoms with Crippen molar-refractivity contribution >= 4 is 33.5 Å². The summed E-state index contributed by atoms with van der Waals surface area (Å²) in [4.78, 5) is 0. The molecule has 0 aromatic heterocycles. The summed E-state index contributed by atoms with van der Waals surface area (Å²) in [5, 5.41) is 8.27. The Kier molecular flexibility index (Phi) is 8.17. The van der Waals surface area contributed by atoms with Gasteiger partial charge in [0.05, 0.1) is 21.3 Å². The van der Waals surface area contributed by atoms with Crippen molar-refractivity contribution in [3.8, 4) is 23.0 Å². The Bertz CT molecular complexity index is 855. The van der Waals surface area contributed by atoms with Gasteiger partial charge in [0.1, 0.15) is 12.4 Å². The number of nitrogens with zero attached hydrogens (tertiary/aromatic N) is 2. The molecule has 0 fully saturated rings. The minimum absolute atomic E-state index is 0.114. The summed E-state index contributed by atoms with van der Waals surface area (Å²) in [5.41, 5.74) is 1.21. The fraction of sp³-hybridized carbons (Fsp3) is 0.200. The van der Waals surface area contributed by atoms with E-state index in [-0.39, 0.29) is 10.3 Å². The molecule has 0 bridgehead atoms. The predicted molar refractivity (Wildman–Crippen MR) is 113 cm³/mol. The number of ether oxygens (including phenoxy) is 4. The number of hydrogen-bond acceptors (Lipinski definition) is 6. The lowest BCUT2D eigenvalue weighted by Gasteiger charge is -2.13. The van der Waals surface area contributed by atoms with E-state index in [1.807, 2.05) is 0 Å². The van der Waals surface area contributed by atoms with E-state index in [4.69, 9.17) is 42.1 Å². The molecule has 0 aliphatic heterocycles. The van der Waals surface area contributed by atoms with Gasteiger partial charge in [0.2, 0.25) is 5.75 Å². The second kappa shape index (κ2) is 10.6. The molecule has 2 rings (SSSR count). The van der Waals surface area contributed by atoms with Crippen LogP contribution in [0.15, 0.2) is 59.3 Å². The van der Waals surface area contributed by atoms with Crippen molar-refractivity contribution in [2.45, 2.75) is 0 Å². The monoisotopic (exact) mass is 422 g/mol. The van der Waals surface area contributed by atoms with E-state index in [1.165, 1.54) is 21.3 Å². The average molecular weight is 423 g/mol. The van der Waals surface area contributed by atoms with Gasteiger partial charge in [-0.1, -0.05) is 35.9 Å². The molecule has 28 heavy (non-hydrogen) atoms. The number of rotatable bonds is 9. The summed E-state index contributed by atoms with van der Waals surface area (Å²) in [6, 6.07) is 10.4. The maximum atomic E-state index is 6.28. The van der Waals surface area contributed by atoms with Gasteiger partial charge >= 0.3 is 0 Å². The molecule has 0 amide bonds. The van der Waals surface area contributed by atoms with Crippen LogP contribution >= 0.6 is 23.2 Å². The predicted octanol–water partition coefficient (Wildman–Crippen LogP) is 4.86. The van der Waals surface area contributed by atoms with Gasteiger partial charge in [-0.3, -0.25) is 0 Å². The van der Waals surface area contributed by atoms with Gasteiger partial charge in [-0.05, 0) is 36.4 Å². The third-order valence-electron chi connectivity index (χ3n) is 3.59. The lowest BCUT2D eigenvalue weighted by Crippen LogP contribution is -1.99. The van der Waals surface area contributed by atoms with Gasteiger partial charge < -0.3 is 18.9 Å². The molecule has 0 aliphatic rings. The van der Waals surface area contributed by atoms with Crippen molar-refractivity contribution in [2.24, 2.45) is 10.2 Å². The second-order valence-electron chi connectivity index (χ2n) is 5.32. The fourth-order valence-corrected chi connectivity index (χ4v) is 2.56. The van der Waals surface area contributed by atoms with Gasteiger partial charge in [0, 0.05) is 11.1 Å². The number of hydrogen-bond donors (Lipinski definition) is 0. The highest BCUT2D eigenvalue weighted by Gasteiger charge is 2.15. The zero-order chi connectivity index (χ0) is 20.5. The van der Waals surface area contributed by atoms with E-state index < -0.39 is 0 Å². The number of halogens is 2. The number of benzene rings is 2. The molecule has 0 atom stereocenters. The zero-order valence-electron chi connectivity index (χ0n) is 15.7. The Morgan fingerprint density at radius 1 is 0.893 bits per heavy atom. The third-order valence-corrected chi connectivity index (χ3v) is 4.18. The second-order valence-corrected chi connectivity index (χ2v) is 6.04. The van der Waals surface area contributed by atoms with E-state index in [1.54, 1.807) is 42.5 Å². The van der Waals surface area contributed by atoms with Gasteiger partial charge in [0.25, 0.3) is 0 Å². The first-order chi connectivity index (χ1) is 13.5. The SMILES string of the molecule is C=CCOc1ccc(/C(Cl)=N/N=C(\Cl)c2cc(OC)c(OC)c(OC)c2)cc1.